The Morgan fingerprint density at radius 2 is 2.00 bits per heavy atom. The van der Waals surface area contributed by atoms with Gasteiger partial charge in [0.2, 0.25) is 0 Å². The van der Waals surface area contributed by atoms with E-state index >= 15 is 0 Å². The SMILES string of the molecule is CC1CN(c2nccnc2Cl)CCN1C(=O)OC(C)(C)C. The lowest BCUT2D eigenvalue weighted by atomic mass is 10.2. The van der Waals surface area contributed by atoms with Crippen LogP contribution >= 0.6 is 11.6 Å². The zero-order valence-corrected chi connectivity index (χ0v) is 13.6. The Kier molecular flexibility index (Phi) is 4.56. The predicted molar refractivity (Wildman–Crippen MR) is 81.7 cm³/mol. The van der Waals surface area contributed by atoms with Gasteiger partial charge in [-0.1, -0.05) is 11.6 Å². The second kappa shape index (κ2) is 6.05. The molecule has 0 aliphatic carbocycles. The number of anilines is 1. The van der Waals surface area contributed by atoms with Gasteiger partial charge in [-0.2, -0.15) is 0 Å². The number of nitrogens with zero attached hydrogens (tertiary/aromatic N) is 4. The number of hydrogen-bond acceptors (Lipinski definition) is 5. The largest absolute Gasteiger partial charge is 0.444 e. The fourth-order valence-electron chi connectivity index (χ4n) is 2.27. The molecule has 0 aromatic carbocycles. The van der Waals surface area contributed by atoms with Crippen LogP contribution in [-0.4, -0.2) is 52.2 Å². The molecule has 21 heavy (non-hydrogen) atoms. The van der Waals surface area contributed by atoms with Crippen LogP contribution in [0, 0.1) is 0 Å². The van der Waals surface area contributed by atoms with Gasteiger partial charge in [-0.05, 0) is 27.7 Å². The van der Waals surface area contributed by atoms with Crippen LogP contribution < -0.4 is 4.90 Å². The highest BCUT2D eigenvalue weighted by molar-refractivity contribution is 6.31. The fourth-order valence-corrected chi connectivity index (χ4v) is 2.49. The van der Waals surface area contributed by atoms with Crippen molar-refractivity contribution in [3.05, 3.63) is 17.5 Å². The summed E-state index contributed by atoms with van der Waals surface area (Å²) in [6, 6.07) is 0.0201. The summed E-state index contributed by atoms with van der Waals surface area (Å²) in [4.78, 5) is 24.3. The third kappa shape index (κ3) is 3.97. The molecule has 116 valence electrons. The Morgan fingerprint density at radius 3 is 2.57 bits per heavy atom. The first kappa shape index (κ1) is 15.8. The van der Waals surface area contributed by atoms with Crippen LogP contribution in [0.25, 0.3) is 0 Å². The Morgan fingerprint density at radius 1 is 1.33 bits per heavy atom. The Balaban J connectivity index is 2.03. The number of amides is 1. The summed E-state index contributed by atoms with van der Waals surface area (Å²) >= 11 is 6.07. The fraction of sp³-hybridized carbons (Fsp3) is 0.643. The molecule has 0 bridgehead atoms. The van der Waals surface area contributed by atoms with Gasteiger partial charge in [0.05, 0.1) is 0 Å². The van der Waals surface area contributed by atoms with Crippen molar-refractivity contribution in [2.75, 3.05) is 24.5 Å². The normalized spacial score (nSPS) is 19.6. The van der Waals surface area contributed by atoms with Crippen molar-refractivity contribution in [3.63, 3.8) is 0 Å². The summed E-state index contributed by atoms with van der Waals surface area (Å²) in [7, 11) is 0. The molecule has 0 radical (unpaired) electrons. The number of aromatic nitrogens is 2. The average molecular weight is 313 g/mol. The summed E-state index contributed by atoms with van der Waals surface area (Å²) < 4.78 is 5.43. The highest BCUT2D eigenvalue weighted by Gasteiger charge is 2.31. The second-order valence-electron chi connectivity index (χ2n) is 6.14. The molecule has 0 spiro atoms. The minimum absolute atomic E-state index is 0.0201. The topological polar surface area (TPSA) is 58.6 Å². The zero-order chi connectivity index (χ0) is 15.6. The summed E-state index contributed by atoms with van der Waals surface area (Å²) in [6.07, 6.45) is 2.90. The molecule has 1 saturated heterocycles. The van der Waals surface area contributed by atoms with Crippen molar-refractivity contribution in [2.24, 2.45) is 0 Å². The lowest BCUT2D eigenvalue weighted by Gasteiger charge is -2.40. The first-order valence-electron chi connectivity index (χ1n) is 6.99. The minimum Gasteiger partial charge on any atom is -0.444 e. The Labute approximate surface area is 130 Å². The first-order chi connectivity index (χ1) is 9.78. The quantitative estimate of drug-likeness (QED) is 0.797. The second-order valence-corrected chi connectivity index (χ2v) is 6.50. The molecule has 2 heterocycles. The molecule has 7 heteroatoms. The van der Waals surface area contributed by atoms with Crippen LogP contribution in [0.15, 0.2) is 12.4 Å². The van der Waals surface area contributed by atoms with Crippen LogP contribution in [0.4, 0.5) is 10.6 Å². The zero-order valence-electron chi connectivity index (χ0n) is 12.8. The molecule has 1 unspecified atom stereocenters. The van der Waals surface area contributed by atoms with Crippen LogP contribution in [0.5, 0.6) is 0 Å². The maximum absolute atomic E-state index is 12.2. The van der Waals surface area contributed by atoms with Gasteiger partial charge in [-0.25, -0.2) is 14.8 Å². The van der Waals surface area contributed by atoms with E-state index in [0.717, 1.165) is 0 Å². The minimum atomic E-state index is -0.484. The number of carbonyl (C=O) groups excluding carboxylic acids is 1. The average Bonchev–Trinajstić information content (AvgIpc) is 2.37. The summed E-state index contributed by atoms with van der Waals surface area (Å²) in [5.74, 6) is 0.662. The highest BCUT2D eigenvalue weighted by Crippen LogP contribution is 2.23. The molecule has 0 N–H and O–H groups in total. The number of halogens is 1. The molecule has 1 aromatic heterocycles. The molecule has 1 amide bonds. The number of carbonyl (C=O) groups is 1. The first-order valence-corrected chi connectivity index (χ1v) is 7.37. The van der Waals surface area contributed by atoms with Gasteiger partial charge in [-0.15, -0.1) is 0 Å². The summed E-state index contributed by atoms with van der Waals surface area (Å²) in [6.45, 7) is 9.46. The lowest BCUT2D eigenvalue weighted by Crippen LogP contribution is -2.55. The molecule has 0 saturated carbocycles. The molecule has 1 aliphatic heterocycles. The van der Waals surface area contributed by atoms with Crippen LogP contribution in [0.3, 0.4) is 0 Å². The van der Waals surface area contributed by atoms with Crippen molar-refractivity contribution < 1.29 is 9.53 Å². The van der Waals surface area contributed by atoms with E-state index in [1.807, 2.05) is 32.6 Å². The van der Waals surface area contributed by atoms with E-state index in [4.69, 9.17) is 16.3 Å². The molecule has 6 nitrogen and oxygen atoms in total. The molecular weight excluding hydrogens is 292 g/mol. The van der Waals surface area contributed by atoms with Crippen molar-refractivity contribution in [1.82, 2.24) is 14.9 Å². The van der Waals surface area contributed by atoms with Gasteiger partial charge in [0.1, 0.15) is 5.60 Å². The number of piperazine rings is 1. The van der Waals surface area contributed by atoms with E-state index in [9.17, 15) is 4.79 Å². The third-order valence-corrected chi connectivity index (χ3v) is 3.46. The monoisotopic (exact) mass is 312 g/mol. The van der Waals surface area contributed by atoms with Gasteiger partial charge in [0.15, 0.2) is 11.0 Å². The van der Waals surface area contributed by atoms with Crippen LogP contribution in [0.2, 0.25) is 5.15 Å². The highest BCUT2D eigenvalue weighted by atomic mass is 35.5. The Bertz CT molecular complexity index is 518. The van der Waals surface area contributed by atoms with Gasteiger partial charge < -0.3 is 14.5 Å². The number of ether oxygens (including phenoxy) is 1. The van der Waals surface area contributed by atoms with E-state index in [-0.39, 0.29) is 12.1 Å². The van der Waals surface area contributed by atoms with Crippen molar-refractivity contribution in [2.45, 2.75) is 39.3 Å². The molecule has 2 rings (SSSR count). The van der Waals surface area contributed by atoms with Crippen molar-refractivity contribution >= 4 is 23.5 Å². The third-order valence-electron chi connectivity index (χ3n) is 3.19. The molecular formula is C14H21ClN4O2. The van der Waals surface area contributed by atoms with E-state index in [1.54, 1.807) is 17.3 Å². The number of hydrogen-bond donors (Lipinski definition) is 0. The molecule has 1 aliphatic rings. The van der Waals surface area contributed by atoms with E-state index < -0.39 is 5.60 Å². The van der Waals surface area contributed by atoms with E-state index in [1.165, 1.54) is 0 Å². The maximum atomic E-state index is 12.2. The number of rotatable bonds is 1. The lowest BCUT2D eigenvalue weighted by molar-refractivity contribution is 0.0158. The maximum Gasteiger partial charge on any atom is 0.410 e. The van der Waals surface area contributed by atoms with Gasteiger partial charge >= 0.3 is 6.09 Å². The van der Waals surface area contributed by atoms with E-state index in [0.29, 0.717) is 30.6 Å². The molecule has 1 fully saturated rings. The molecule has 1 aromatic rings. The standard InChI is InChI=1S/C14H21ClN4O2/c1-10-9-18(12-11(15)16-5-6-17-12)7-8-19(10)13(20)21-14(2,3)4/h5-6,10H,7-9H2,1-4H3. The Hall–Kier alpha value is -1.56. The van der Waals surface area contributed by atoms with Crippen LogP contribution in [-0.2, 0) is 4.74 Å². The van der Waals surface area contributed by atoms with Crippen molar-refractivity contribution in [1.29, 1.82) is 0 Å². The molecule has 1 atom stereocenters. The smallest absolute Gasteiger partial charge is 0.410 e. The van der Waals surface area contributed by atoms with Gasteiger partial charge in [0.25, 0.3) is 0 Å². The van der Waals surface area contributed by atoms with Crippen molar-refractivity contribution in [3.8, 4) is 0 Å². The predicted octanol–water partition coefficient (Wildman–Crippen LogP) is 2.58. The van der Waals surface area contributed by atoms with E-state index in [2.05, 4.69) is 9.97 Å². The summed E-state index contributed by atoms with van der Waals surface area (Å²) in [5.41, 5.74) is -0.484. The van der Waals surface area contributed by atoms with Gasteiger partial charge in [0, 0.05) is 38.1 Å². The summed E-state index contributed by atoms with van der Waals surface area (Å²) in [5, 5.41) is 0.385. The van der Waals surface area contributed by atoms with Crippen LogP contribution in [0.1, 0.15) is 27.7 Å². The van der Waals surface area contributed by atoms with Gasteiger partial charge in [-0.3, -0.25) is 0 Å².